The van der Waals surface area contributed by atoms with E-state index in [0.717, 1.165) is 51.6 Å². The molecule has 5 rings (SSSR count). The Kier molecular flexibility index (Phi) is 4.59. The van der Waals surface area contributed by atoms with E-state index in [1.54, 1.807) is 0 Å². The number of piperidine rings is 3. The fraction of sp³-hybridized carbons (Fsp3) is 0.667. The van der Waals surface area contributed by atoms with Gasteiger partial charge in [-0.1, -0.05) is 43.2 Å². The molecule has 3 aliphatic heterocycles. The molecular formula is C21H29NO3. The lowest BCUT2D eigenvalue weighted by molar-refractivity contribution is -0.193. The van der Waals surface area contributed by atoms with E-state index in [-0.39, 0.29) is 18.1 Å². The SMILES string of the molecule is C[C@@H]1[C@H](OC(=O)C(O)(c2ccccc2)C2CCCC2)C2CCN1CC2. The highest BCUT2D eigenvalue weighted by Crippen LogP contribution is 2.43. The molecule has 4 heteroatoms. The van der Waals surface area contributed by atoms with Crippen LogP contribution in [0.15, 0.2) is 30.3 Å². The molecule has 1 saturated carbocycles. The van der Waals surface area contributed by atoms with Crippen LogP contribution < -0.4 is 0 Å². The number of ether oxygens (including phenoxy) is 1. The number of nitrogens with zero attached hydrogens (tertiary/aromatic N) is 1. The molecular weight excluding hydrogens is 314 g/mol. The van der Waals surface area contributed by atoms with Crippen molar-refractivity contribution in [1.82, 2.24) is 4.90 Å². The van der Waals surface area contributed by atoms with E-state index in [4.69, 9.17) is 4.74 Å². The number of hydrogen-bond donors (Lipinski definition) is 1. The van der Waals surface area contributed by atoms with Gasteiger partial charge in [-0.25, -0.2) is 4.79 Å². The highest BCUT2D eigenvalue weighted by molar-refractivity contribution is 5.82. The largest absolute Gasteiger partial charge is 0.458 e. The van der Waals surface area contributed by atoms with Gasteiger partial charge in [-0.2, -0.15) is 0 Å². The Labute approximate surface area is 150 Å². The summed E-state index contributed by atoms with van der Waals surface area (Å²) in [4.78, 5) is 15.7. The van der Waals surface area contributed by atoms with Crippen LogP contribution in [0.25, 0.3) is 0 Å². The third-order valence-electron chi connectivity index (χ3n) is 6.80. The van der Waals surface area contributed by atoms with Crippen LogP contribution >= 0.6 is 0 Å². The molecule has 0 aromatic heterocycles. The van der Waals surface area contributed by atoms with Gasteiger partial charge in [0.1, 0.15) is 6.10 Å². The first kappa shape index (κ1) is 17.0. The molecule has 0 radical (unpaired) electrons. The Morgan fingerprint density at radius 3 is 2.36 bits per heavy atom. The quantitative estimate of drug-likeness (QED) is 0.854. The van der Waals surface area contributed by atoms with E-state index in [1.165, 1.54) is 0 Å². The predicted octanol–water partition coefficient (Wildman–Crippen LogP) is 3.09. The molecule has 136 valence electrons. The zero-order valence-electron chi connectivity index (χ0n) is 15.1. The van der Waals surface area contributed by atoms with Gasteiger partial charge < -0.3 is 9.84 Å². The van der Waals surface area contributed by atoms with Crippen LogP contribution in [0.1, 0.15) is 51.0 Å². The first-order chi connectivity index (χ1) is 12.1. The van der Waals surface area contributed by atoms with Crippen molar-refractivity contribution in [3.8, 4) is 0 Å². The van der Waals surface area contributed by atoms with Gasteiger partial charge >= 0.3 is 5.97 Å². The molecule has 2 bridgehead atoms. The summed E-state index contributed by atoms with van der Waals surface area (Å²) < 4.78 is 6.04. The van der Waals surface area contributed by atoms with Gasteiger partial charge in [0.2, 0.25) is 0 Å². The van der Waals surface area contributed by atoms with Crippen LogP contribution in [-0.2, 0) is 15.1 Å². The first-order valence-electron chi connectivity index (χ1n) is 9.83. The second-order valence-corrected chi connectivity index (χ2v) is 8.10. The number of hydrogen-bond acceptors (Lipinski definition) is 4. The van der Waals surface area contributed by atoms with E-state index in [0.29, 0.717) is 11.5 Å². The molecule has 3 heterocycles. The molecule has 1 aromatic carbocycles. The number of aliphatic hydroxyl groups is 1. The van der Waals surface area contributed by atoms with Crippen LogP contribution in [0, 0.1) is 11.8 Å². The molecule has 0 amide bonds. The maximum Gasteiger partial charge on any atom is 0.343 e. The first-order valence-corrected chi connectivity index (χ1v) is 9.83. The Balaban J connectivity index is 1.60. The third kappa shape index (κ3) is 2.89. The summed E-state index contributed by atoms with van der Waals surface area (Å²) in [7, 11) is 0. The minimum atomic E-state index is -1.51. The molecule has 1 N–H and O–H groups in total. The third-order valence-corrected chi connectivity index (χ3v) is 6.80. The van der Waals surface area contributed by atoms with Gasteiger partial charge in [-0.15, -0.1) is 0 Å². The van der Waals surface area contributed by atoms with Crippen LogP contribution in [-0.4, -0.2) is 41.2 Å². The summed E-state index contributed by atoms with van der Waals surface area (Å²) in [5.41, 5.74) is -0.829. The van der Waals surface area contributed by atoms with Crippen molar-refractivity contribution in [2.24, 2.45) is 11.8 Å². The van der Waals surface area contributed by atoms with Crippen LogP contribution in [0.4, 0.5) is 0 Å². The lowest BCUT2D eigenvalue weighted by Gasteiger charge is -2.49. The van der Waals surface area contributed by atoms with Crippen molar-refractivity contribution in [1.29, 1.82) is 0 Å². The Morgan fingerprint density at radius 1 is 1.12 bits per heavy atom. The Bertz CT molecular complexity index is 603. The summed E-state index contributed by atoms with van der Waals surface area (Å²) >= 11 is 0. The van der Waals surface area contributed by atoms with E-state index < -0.39 is 11.6 Å². The summed E-state index contributed by atoms with van der Waals surface area (Å²) in [5.74, 6) is -0.0393. The average Bonchev–Trinajstić information content (AvgIpc) is 3.20. The van der Waals surface area contributed by atoms with Gasteiger partial charge in [-0.05, 0) is 57.2 Å². The zero-order valence-corrected chi connectivity index (χ0v) is 15.1. The van der Waals surface area contributed by atoms with Crippen LogP contribution in [0.2, 0.25) is 0 Å². The number of fused-ring (bicyclic) bond motifs is 3. The number of benzene rings is 1. The molecule has 3 saturated heterocycles. The van der Waals surface area contributed by atoms with Gasteiger partial charge in [0.25, 0.3) is 0 Å². The normalized spacial score (nSPS) is 34.6. The van der Waals surface area contributed by atoms with E-state index in [9.17, 15) is 9.90 Å². The molecule has 3 atom stereocenters. The fourth-order valence-electron chi connectivity index (χ4n) is 5.22. The van der Waals surface area contributed by atoms with Crippen molar-refractivity contribution < 1.29 is 14.6 Å². The zero-order chi connectivity index (χ0) is 17.4. The van der Waals surface area contributed by atoms with Gasteiger partial charge in [0, 0.05) is 12.0 Å². The molecule has 0 spiro atoms. The summed E-state index contributed by atoms with van der Waals surface area (Å²) in [6.45, 7) is 4.36. The lowest BCUT2D eigenvalue weighted by Crippen LogP contribution is -2.59. The topological polar surface area (TPSA) is 49.8 Å². The number of carbonyl (C=O) groups is 1. The number of carbonyl (C=O) groups excluding carboxylic acids is 1. The number of rotatable bonds is 4. The monoisotopic (exact) mass is 343 g/mol. The number of esters is 1. The summed E-state index contributed by atoms with van der Waals surface area (Å²) in [6.07, 6.45) is 6.01. The van der Waals surface area contributed by atoms with Crippen molar-refractivity contribution in [3.05, 3.63) is 35.9 Å². The minimum absolute atomic E-state index is 0.0428. The van der Waals surface area contributed by atoms with Gasteiger partial charge in [0.15, 0.2) is 5.60 Å². The second-order valence-electron chi connectivity index (χ2n) is 8.10. The molecule has 4 fully saturated rings. The maximum atomic E-state index is 13.3. The Hall–Kier alpha value is -1.39. The highest BCUT2D eigenvalue weighted by Gasteiger charge is 2.50. The van der Waals surface area contributed by atoms with Crippen molar-refractivity contribution >= 4 is 5.97 Å². The van der Waals surface area contributed by atoms with E-state index in [2.05, 4.69) is 11.8 Å². The van der Waals surface area contributed by atoms with Crippen LogP contribution in [0.3, 0.4) is 0 Å². The molecule has 25 heavy (non-hydrogen) atoms. The van der Waals surface area contributed by atoms with E-state index >= 15 is 0 Å². The van der Waals surface area contributed by atoms with Crippen molar-refractivity contribution in [2.45, 2.75) is 63.2 Å². The summed E-state index contributed by atoms with van der Waals surface area (Å²) in [6, 6.07) is 9.66. The maximum absolute atomic E-state index is 13.3. The minimum Gasteiger partial charge on any atom is -0.458 e. The molecule has 4 aliphatic rings. The van der Waals surface area contributed by atoms with Gasteiger partial charge in [0.05, 0.1) is 0 Å². The average molecular weight is 343 g/mol. The van der Waals surface area contributed by atoms with E-state index in [1.807, 2.05) is 30.3 Å². The van der Waals surface area contributed by atoms with Crippen molar-refractivity contribution in [3.63, 3.8) is 0 Å². The molecule has 1 unspecified atom stereocenters. The van der Waals surface area contributed by atoms with Crippen molar-refractivity contribution in [2.75, 3.05) is 13.1 Å². The summed E-state index contributed by atoms with van der Waals surface area (Å²) in [5, 5.41) is 11.5. The van der Waals surface area contributed by atoms with Crippen LogP contribution in [0.5, 0.6) is 0 Å². The highest BCUT2D eigenvalue weighted by atomic mass is 16.6. The Morgan fingerprint density at radius 2 is 1.76 bits per heavy atom. The standard InChI is InChI=1S/C21H29NO3/c1-15-19(16-11-13-22(15)14-12-16)25-20(23)21(24,18-9-5-6-10-18)17-7-3-2-4-8-17/h2-4,7-8,15-16,18-19,24H,5-6,9-14H2,1H3/t15-,19+,21?/m1/s1. The molecule has 1 aliphatic carbocycles. The smallest absolute Gasteiger partial charge is 0.343 e. The lowest BCUT2D eigenvalue weighted by atomic mass is 9.78. The molecule has 1 aromatic rings. The molecule has 4 nitrogen and oxygen atoms in total. The predicted molar refractivity (Wildman–Crippen MR) is 95.9 cm³/mol. The second kappa shape index (κ2) is 6.73. The fourth-order valence-corrected chi connectivity index (χ4v) is 5.22. The van der Waals surface area contributed by atoms with Gasteiger partial charge in [-0.3, -0.25) is 4.90 Å².